The van der Waals surface area contributed by atoms with Gasteiger partial charge in [-0.05, 0) is 39.8 Å². The maximum absolute atomic E-state index is 12.2. The molecule has 2 heterocycles. The standard InChI is InChI=1S/C13H24N4O2S/c1-4-16-7-5-6-12(16)8-15-20(18,19)13-9-17(10-14-13)11(2)3/h9-12,15H,4-8H2,1-3H3/t12-/m1/s1. The summed E-state index contributed by atoms with van der Waals surface area (Å²) in [6.07, 6.45) is 5.34. The van der Waals surface area contributed by atoms with E-state index in [0.29, 0.717) is 12.6 Å². The van der Waals surface area contributed by atoms with E-state index in [2.05, 4.69) is 21.5 Å². The third-order valence-electron chi connectivity index (χ3n) is 3.86. The predicted octanol–water partition coefficient (Wildman–Crippen LogP) is 1.23. The molecule has 114 valence electrons. The van der Waals surface area contributed by atoms with Crippen LogP contribution in [-0.4, -0.2) is 48.5 Å². The third kappa shape index (κ3) is 3.39. The highest BCUT2D eigenvalue weighted by molar-refractivity contribution is 7.89. The van der Waals surface area contributed by atoms with Crippen molar-refractivity contribution in [1.82, 2.24) is 19.2 Å². The topological polar surface area (TPSA) is 67.2 Å². The van der Waals surface area contributed by atoms with E-state index in [0.717, 1.165) is 25.9 Å². The molecule has 1 aliphatic heterocycles. The van der Waals surface area contributed by atoms with Crippen molar-refractivity contribution in [3.8, 4) is 0 Å². The van der Waals surface area contributed by atoms with Gasteiger partial charge in [0.2, 0.25) is 0 Å². The lowest BCUT2D eigenvalue weighted by Gasteiger charge is -2.22. The van der Waals surface area contributed by atoms with Gasteiger partial charge in [0.05, 0.1) is 6.33 Å². The molecular formula is C13H24N4O2S. The fourth-order valence-electron chi connectivity index (χ4n) is 2.56. The Labute approximate surface area is 121 Å². The van der Waals surface area contributed by atoms with Gasteiger partial charge in [-0.1, -0.05) is 6.92 Å². The lowest BCUT2D eigenvalue weighted by Crippen LogP contribution is -2.40. The van der Waals surface area contributed by atoms with Crippen LogP contribution in [0.4, 0.5) is 0 Å². The summed E-state index contributed by atoms with van der Waals surface area (Å²) in [4.78, 5) is 6.31. The van der Waals surface area contributed by atoms with Crippen molar-refractivity contribution in [3.63, 3.8) is 0 Å². The summed E-state index contributed by atoms with van der Waals surface area (Å²) < 4.78 is 28.9. The van der Waals surface area contributed by atoms with E-state index in [-0.39, 0.29) is 11.1 Å². The van der Waals surface area contributed by atoms with Gasteiger partial charge in [-0.3, -0.25) is 4.90 Å². The van der Waals surface area contributed by atoms with Crippen molar-refractivity contribution < 1.29 is 8.42 Å². The van der Waals surface area contributed by atoms with Gasteiger partial charge in [0.25, 0.3) is 10.0 Å². The number of nitrogens with zero attached hydrogens (tertiary/aromatic N) is 3. The van der Waals surface area contributed by atoms with Gasteiger partial charge < -0.3 is 4.57 Å². The van der Waals surface area contributed by atoms with E-state index in [1.807, 2.05) is 13.8 Å². The second kappa shape index (κ2) is 6.24. The molecule has 1 aromatic rings. The van der Waals surface area contributed by atoms with Crippen LogP contribution in [0, 0.1) is 0 Å². The lowest BCUT2D eigenvalue weighted by molar-refractivity contribution is 0.268. The first-order chi connectivity index (χ1) is 9.44. The van der Waals surface area contributed by atoms with Crippen LogP contribution in [0.3, 0.4) is 0 Å². The maximum atomic E-state index is 12.2. The van der Waals surface area contributed by atoms with Crippen LogP contribution in [0.15, 0.2) is 17.6 Å². The van der Waals surface area contributed by atoms with Crippen molar-refractivity contribution >= 4 is 10.0 Å². The fourth-order valence-corrected chi connectivity index (χ4v) is 3.57. The van der Waals surface area contributed by atoms with Gasteiger partial charge in [-0.15, -0.1) is 0 Å². The Hall–Kier alpha value is -0.920. The van der Waals surface area contributed by atoms with Crippen LogP contribution < -0.4 is 4.72 Å². The highest BCUT2D eigenvalue weighted by Crippen LogP contribution is 2.16. The van der Waals surface area contributed by atoms with Crippen LogP contribution in [0.5, 0.6) is 0 Å². The Morgan fingerprint density at radius 3 is 2.85 bits per heavy atom. The van der Waals surface area contributed by atoms with Crippen molar-refractivity contribution in [1.29, 1.82) is 0 Å². The second-order valence-corrected chi connectivity index (χ2v) is 7.24. The van der Waals surface area contributed by atoms with Gasteiger partial charge in [-0.25, -0.2) is 18.1 Å². The van der Waals surface area contributed by atoms with Gasteiger partial charge >= 0.3 is 0 Å². The van der Waals surface area contributed by atoms with Crippen molar-refractivity contribution in [2.45, 2.75) is 50.7 Å². The Bertz CT molecular complexity index is 538. The largest absolute Gasteiger partial charge is 0.334 e. The SMILES string of the molecule is CCN1CCC[C@@H]1CNS(=O)(=O)c1cn(C(C)C)cn1. The minimum atomic E-state index is -3.50. The first-order valence-corrected chi connectivity index (χ1v) is 8.69. The zero-order chi connectivity index (χ0) is 14.8. The van der Waals surface area contributed by atoms with E-state index in [9.17, 15) is 8.42 Å². The number of aromatic nitrogens is 2. The number of likely N-dealkylation sites (N-methyl/N-ethyl adjacent to an activating group) is 1. The Morgan fingerprint density at radius 1 is 1.50 bits per heavy atom. The molecule has 1 aliphatic rings. The molecule has 6 nitrogen and oxygen atoms in total. The highest BCUT2D eigenvalue weighted by atomic mass is 32.2. The van der Waals surface area contributed by atoms with Gasteiger partial charge in [0.1, 0.15) is 0 Å². The Morgan fingerprint density at radius 2 is 2.25 bits per heavy atom. The Kier molecular flexibility index (Phi) is 4.82. The van der Waals surface area contributed by atoms with Crippen LogP contribution >= 0.6 is 0 Å². The summed E-state index contributed by atoms with van der Waals surface area (Å²) >= 11 is 0. The average molecular weight is 300 g/mol. The molecule has 1 atom stereocenters. The number of imidazole rings is 1. The molecule has 1 saturated heterocycles. The molecule has 20 heavy (non-hydrogen) atoms. The second-order valence-electron chi connectivity index (χ2n) is 5.53. The molecule has 0 amide bonds. The number of rotatable bonds is 6. The maximum Gasteiger partial charge on any atom is 0.259 e. The molecule has 2 rings (SSSR count). The van der Waals surface area contributed by atoms with E-state index in [1.54, 1.807) is 17.1 Å². The number of likely N-dealkylation sites (tertiary alicyclic amines) is 1. The molecule has 0 aliphatic carbocycles. The monoisotopic (exact) mass is 300 g/mol. The summed E-state index contributed by atoms with van der Waals surface area (Å²) in [7, 11) is -3.50. The molecule has 0 saturated carbocycles. The molecule has 7 heteroatoms. The van der Waals surface area contributed by atoms with Crippen molar-refractivity contribution in [3.05, 3.63) is 12.5 Å². The molecule has 0 bridgehead atoms. The number of hydrogen-bond donors (Lipinski definition) is 1. The van der Waals surface area contributed by atoms with Crippen molar-refractivity contribution in [2.24, 2.45) is 0 Å². The quantitative estimate of drug-likeness (QED) is 0.858. The van der Waals surface area contributed by atoms with Gasteiger partial charge in [0, 0.05) is 24.8 Å². The van der Waals surface area contributed by atoms with E-state index in [4.69, 9.17) is 0 Å². The van der Waals surface area contributed by atoms with Crippen LogP contribution in [0.1, 0.15) is 39.7 Å². The fraction of sp³-hybridized carbons (Fsp3) is 0.769. The zero-order valence-corrected chi connectivity index (χ0v) is 13.2. The third-order valence-corrected chi connectivity index (χ3v) is 5.17. The molecule has 0 aromatic carbocycles. The molecule has 0 unspecified atom stereocenters. The summed E-state index contributed by atoms with van der Waals surface area (Å²) in [5.41, 5.74) is 0. The van der Waals surface area contributed by atoms with E-state index >= 15 is 0 Å². The smallest absolute Gasteiger partial charge is 0.259 e. The average Bonchev–Trinajstić information content (AvgIpc) is 3.05. The molecule has 0 radical (unpaired) electrons. The summed E-state index contributed by atoms with van der Waals surface area (Å²) in [5.74, 6) is 0. The summed E-state index contributed by atoms with van der Waals surface area (Å²) in [6, 6.07) is 0.513. The summed E-state index contributed by atoms with van der Waals surface area (Å²) in [6.45, 7) is 8.58. The van der Waals surface area contributed by atoms with Gasteiger partial charge in [-0.2, -0.15) is 0 Å². The normalized spacial score (nSPS) is 20.9. The molecular weight excluding hydrogens is 276 g/mol. The van der Waals surface area contributed by atoms with Crippen LogP contribution in [0.25, 0.3) is 0 Å². The molecule has 1 N–H and O–H groups in total. The minimum absolute atomic E-state index is 0.104. The van der Waals surface area contributed by atoms with Crippen molar-refractivity contribution in [2.75, 3.05) is 19.6 Å². The minimum Gasteiger partial charge on any atom is -0.334 e. The first kappa shape index (κ1) is 15.5. The highest BCUT2D eigenvalue weighted by Gasteiger charge is 2.26. The van der Waals surface area contributed by atoms with Crippen LogP contribution in [-0.2, 0) is 10.0 Å². The number of nitrogens with one attached hydrogen (secondary N) is 1. The van der Waals surface area contributed by atoms with E-state index in [1.165, 1.54) is 0 Å². The number of hydrogen-bond acceptors (Lipinski definition) is 4. The number of sulfonamides is 1. The van der Waals surface area contributed by atoms with Gasteiger partial charge in [0.15, 0.2) is 5.03 Å². The molecule has 0 spiro atoms. The first-order valence-electron chi connectivity index (χ1n) is 7.21. The molecule has 1 fully saturated rings. The molecule has 1 aromatic heterocycles. The summed E-state index contributed by atoms with van der Waals surface area (Å²) in [5, 5.41) is 0.104. The Balaban J connectivity index is 2.00. The zero-order valence-electron chi connectivity index (χ0n) is 12.4. The lowest BCUT2D eigenvalue weighted by atomic mass is 10.2. The van der Waals surface area contributed by atoms with Crippen LogP contribution in [0.2, 0.25) is 0 Å². The predicted molar refractivity (Wildman–Crippen MR) is 78.1 cm³/mol. The van der Waals surface area contributed by atoms with E-state index < -0.39 is 10.0 Å².